The van der Waals surface area contributed by atoms with Crippen LogP contribution in [-0.4, -0.2) is 71.6 Å². The Labute approximate surface area is 171 Å². The number of amides is 1. The van der Waals surface area contributed by atoms with Crippen LogP contribution in [0.3, 0.4) is 0 Å². The third kappa shape index (κ3) is 4.32. The van der Waals surface area contributed by atoms with Gasteiger partial charge in [-0.25, -0.2) is 19.7 Å². The number of aromatic nitrogens is 4. The number of alkyl carbamates (subject to hydrolysis) is 1. The molecule has 0 unspecified atom stereocenters. The first-order chi connectivity index (χ1) is 14.5. The lowest BCUT2D eigenvalue weighted by Crippen LogP contribution is -2.49. The molecule has 30 heavy (non-hydrogen) atoms. The minimum atomic E-state index is -0.704. The molecule has 1 amide bonds. The molecule has 11 nitrogen and oxygen atoms in total. The number of carbonyl (C=O) groups excluding carboxylic acids is 1. The summed E-state index contributed by atoms with van der Waals surface area (Å²) in [6.45, 7) is 2.22. The molecule has 12 heteroatoms. The Kier molecular flexibility index (Phi) is 5.74. The lowest BCUT2D eigenvalue weighted by Gasteiger charge is -2.35. The van der Waals surface area contributed by atoms with E-state index >= 15 is 4.39 Å². The second-order valence-corrected chi connectivity index (χ2v) is 6.96. The SMILES string of the molecule is COC(=O)N[C@H]1C[C@H](Oc2nc(N3CCOCC3)nc(-c3cnc(N)nc3)c2F)C1. The van der Waals surface area contributed by atoms with E-state index in [1.165, 1.54) is 19.5 Å². The molecule has 3 N–H and O–H groups in total. The van der Waals surface area contributed by atoms with Crippen molar-refractivity contribution in [1.82, 2.24) is 25.3 Å². The zero-order valence-electron chi connectivity index (χ0n) is 16.4. The van der Waals surface area contributed by atoms with Gasteiger partial charge in [-0.05, 0) is 0 Å². The Morgan fingerprint density at radius 1 is 1.27 bits per heavy atom. The highest BCUT2D eigenvalue weighted by Crippen LogP contribution is 2.32. The van der Waals surface area contributed by atoms with Crippen LogP contribution >= 0.6 is 0 Å². The molecule has 2 aromatic heterocycles. The van der Waals surface area contributed by atoms with Crippen molar-refractivity contribution in [2.45, 2.75) is 25.0 Å². The number of hydrogen-bond acceptors (Lipinski definition) is 10. The summed E-state index contributed by atoms with van der Waals surface area (Å²) >= 11 is 0. The molecule has 0 bridgehead atoms. The number of ether oxygens (including phenoxy) is 3. The van der Waals surface area contributed by atoms with Gasteiger partial charge in [0.2, 0.25) is 17.7 Å². The first kappa shape index (κ1) is 20.0. The topological polar surface area (TPSA) is 138 Å². The maximum atomic E-state index is 15.2. The van der Waals surface area contributed by atoms with E-state index in [4.69, 9.17) is 15.2 Å². The third-order valence-electron chi connectivity index (χ3n) is 4.93. The van der Waals surface area contributed by atoms with Crippen molar-refractivity contribution in [2.24, 2.45) is 0 Å². The number of hydrogen-bond donors (Lipinski definition) is 2. The molecule has 0 atom stereocenters. The number of nitrogen functional groups attached to an aromatic ring is 1. The van der Waals surface area contributed by atoms with E-state index in [0.717, 1.165) is 0 Å². The van der Waals surface area contributed by atoms with Crippen LogP contribution in [0.15, 0.2) is 12.4 Å². The number of nitrogens with zero attached hydrogens (tertiary/aromatic N) is 5. The molecule has 2 aromatic rings. The predicted octanol–water partition coefficient (Wildman–Crippen LogP) is 0.757. The van der Waals surface area contributed by atoms with E-state index < -0.39 is 11.9 Å². The van der Waals surface area contributed by atoms with Crippen LogP contribution < -0.4 is 20.7 Å². The lowest BCUT2D eigenvalue weighted by molar-refractivity contribution is 0.0725. The normalized spacial score (nSPS) is 20.9. The van der Waals surface area contributed by atoms with Crippen molar-refractivity contribution in [3.8, 4) is 17.1 Å². The summed E-state index contributed by atoms with van der Waals surface area (Å²) in [6, 6.07) is -0.0870. The number of nitrogens with two attached hydrogens (primary N) is 1. The van der Waals surface area contributed by atoms with Gasteiger partial charge in [-0.3, -0.25) is 0 Å². The smallest absolute Gasteiger partial charge is 0.407 e. The van der Waals surface area contributed by atoms with Gasteiger partial charge in [0.05, 0.1) is 20.3 Å². The van der Waals surface area contributed by atoms with Gasteiger partial charge in [-0.1, -0.05) is 0 Å². The summed E-state index contributed by atoms with van der Waals surface area (Å²) < 4.78 is 31.0. The van der Waals surface area contributed by atoms with E-state index in [-0.39, 0.29) is 29.7 Å². The monoisotopic (exact) mass is 419 g/mol. The van der Waals surface area contributed by atoms with Crippen molar-refractivity contribution < 1.29 is 23.4 Å². The molecule has 1 saturated carbocycles. The average molecular weight is 419 g/mol. The van der Waals surface area contributed by atoms with Crippen LogP contribution in [0, 0.1) is 5.82 Å². The molecule has 160 valence electrons. The van der Waals surface area contributed by atoms with Crippen molar-refractivity contribution in [3.63, 3.8) is 0 Å². The Morgan fingerprint density at radius 2 is 1.97 bits per heavy atom. The van der Waals surface area contributed by atoms with Gasteiger partial charge in [0, 0.05) is 49.9 Å². The first-order valence-corrected chi connectivity index (χ1v) is 9.52. The molecule has 3 heterocycles. The highest BCUT2D eigenvalue weighted by molar-refractivity contribution is 5.67. The Balaban J connectivity index is 1.58. The van der Waals surface area contributed by atoms with Crippen LogP contribution in [0.1, 0.15) is 12.8 Å². The summed E-state index contributed by atoms with van der Waals surface area (Å²) in [7, 11) is 1.30. The Hall–Kier alpha value is -3.28. The van der Waals surface area contributed by atoms with Gasteiger partial charge in [0.15, 0.2) is 0 Å². The summed E-state index contributed by atoms with van der Waals surface area (Å²) in [5.41, 5.74) is 5.93. The van der Waals surface area contributed by atoms with Crippen LogP contribution in [0.25, 0.3) is 11.3 Å². The minimum absolute atomic E-state index is 0.0325. The van der Waals surface area contributed by atoms with Gasteiger partial charge in [0.25, 0.3) is 5.88 Å². The standard InChI is InChI=1S/C18H22FN7O4/c1-28-18(27)23-11-6-12(7-11)30-15-13(19)14(10-8-21-16(20)22-9-10)24-17(25-15)26-2-4-29-5-3-26/h8-9,11-12H,2-7H2,1H3,(H,23,27)(H2,20,21,22)/t11-,12-. The molecule has 0 spiro atoms. The second kappa shape index (κ2) is 8.61. The summed E-state index contributed by atoms with van der Waals surface area (Å²) in [6.07, 6.45) is 3.05. The molecule has 0 aromatic carbocycles. The Morgan fingerprint density at radius 3 is 2.63 bits per heavy atom. The lowest BCUT2D eigenvalue weighted by atomic mass is 9.89. The van der Waals surface area contributed by atoms with Crippen molar-refractivity contribution in [1.29, 1.82) is 0 Å². The van der Waals surface area contributed by atoms with Crippen LogP contribution in [0.4, 0.5) is 21.1 Å². The number of morpholine rings is 1. The van der Waals surface area contributed by atoms with E-state index in [9.17, 15) is 4.79 Å². The highest BCUT2D eigenvalue weighted by Gasteiger charge is 2.34. The highest BCUT2D eigenvalue weighted by atomic mass is 19.1. The molecule has 4 rings (SSSR count). The fourth-order valence-electron chi connectivity index (χ4n) is 3.21. The maximum absolute atomic E-state index is 15.2. The zero-order valence-corrected chi connectivity index (χ0v) is 16.4. The van der Waals surface area contributed by atoms with Gasteiger partial charge in [-0.2, -0.15) is 9.37 Å². The fraction of sp³-hybridized carbons (Fsp3) is 0.500. The number of halogens is 1. The van der Waals surface area contributed by atoms with E-state index in [1.807, 2.05) is 4.90 Å². The molecular formula is C18H22FN7O4. The van der Waals surface area contributed by atoms with E-state index in [0.29, 0.717) is 50.7 Å². The van der Waals surface area contributed by atoms with Crippen molar-refractivity contribution >= 4 is 18.0 Å². The average Bonchev–Trinajstić information content (AvgIpc) is 2.74. The number of rotatable bonds is 5. The molecule has 0 radical (unpaired) electrons. The van der Waals surface area contributed by atoms with Crippen LogP contribution in [0.5, 0.6) is 5.88 Å². The number of anilines is 2. The summed E-state index contributed by atoms with van der Waals surface area (Å²) in [5, 5.41) is 2.68. The maximum Gasteiger partial charge on any atom is 0.407 e. The first-order valence-electron chi connectivity index (χ1n) is 9.52. The molecule has 2 fully saturated rings. The largest absolute Gasteiger partial charge is 0.472 e. The second-order valence-electron chi connectivity index (χ2n) is 6.96. The van der Waals surface area contributed by atoms with Crippen molar-refractivity contribution in [2.75, 3.05) is 44.0 Å². The third-order valence-corrected chi connectivity index (χ3v) is 4.93. The Bertz CT molecular complexity index is 902. The molecule has 1 saturated heterocycles. The molecular weight excluding hydrogens is 397 g/mol. The van der Waals surface area contributed by atoms with Gasteiger partial charge in [-0.15, -0.1) is 0 Å². The van der Waals surface area contributed by atoms with Gasteiger partial charge >= 0.3 is 6.09 Å². The van der Waals surface area contributed by atoms with Crippen molar-refractivity contribution in [3.05, 3.63) is 18.2 Å². The predicted molar refractivity (Wildman–Crippen MR) is 103 cm³/mol. The van der Waals surface area contributed by atoms with Crippen LogP contribution in [-0.2, 0) is 9.47 Å². The molecule has 2 aliphatic rings. The van der Waals surface area contributed by atoms with Gasteiger partial charge < -0.3 is 30.2 Å². The summed E-state index contributed by atoms with van der Waals surface area (Å²) in [4.78, 5) is 29.7. The van der Waals surface area contributed by atoms with Crippen LogP contribution in [0.2, 0.25) is 0 Å². The quantitative estimate of drug-likeness (QED) is 0.714. The molecule has 1 aliphatic carbocycles. The van der Waals surface area contributed by atoms with Gasteiger partial charge in [0.1, 0.15) is 11.8 Å². The number of carbonyl (C=O) groups is 1. The van der Waals surface area contributed by atoms with E-state index in [2.05, 4.69) is 30.0 Å². The van der Waals surface area contributed by atoms with E-state index in [1.54, 1.807) is 0 Å². The number of methoxy groups -OCH3 is 1. The molecule has 1 aliphatic heterocycles. The zero-order chi connectivity index (χ0) is 21.1. The minimum Gasteiger partial charge on any atom is -0.472 e. The summed E-state index contributed by atoms with van der Waals surface area (Å²) in [5.74, 6) is -0.439. The number of nitrogens with one attached hydrogen (secondary N) is 1. The fourth-order valence-corrected chi connectivity index (χ4v) is 3.21.